The first-order valence-electron chi connectivity index (χ1n) is 7.19. The maximum Gasteiger partial charge on any atom is 0.214 e. The van der Waals surface area contributed by atoms with Crippen LogP contribution >= 0.6 is 11.3 Å². The largest absolute Gasteiger partial charge is 0.497 e. The lowest BCUT2D eigenvalue weighted by Crippen LogP contribution is -1.93. The molecule has 0 amide bonds. The summed E-state index contributed by atoms with van der Waals surface area (Å²) in [5, 5.41) is 15.1. The number of hydrogen-bond acceptors (Lipinski definition) is 5. The molecule has 0 N–H and O–H groups in total. The fraction of sp³-hybridized carbons (Fsp3) is 0.312. The van der Waals surface area contributed by atoms with Gasteiger partial charge in [-0.05, 0) is 18.6 Å². The van der Waals surface area contributed by atoms with Crippen LogP contribution in [-0.2, 0) is 6.42 Å². The Bertz CT molecular complexity index is 844. The average molecular weight is 312 g/mol. The van der Waals surface area contributed by atoms with Crippen LogP contribution in [0.2, 0.25) is 0 Å². The van der Waals surface area contributed by atoms with Crippen molar-refractivity contribution >= 4 is 16.3 Å². The fourth-order valence-electron chi connectivity index (χ4n) is 2.29. The third-order valence-corrected chi connectivity index (χ3v) is 4.41. The van der Waals surface area contributed by atoms with Crippen LogP contribution in [-0.4, -0.2) is 21.7 Å². The number of ether oxygens (including phenoxy) is 1. The second-order valence-corrected chi connectivity index (χ2v) is 5.99. The molecule has 1 aromatic carbocycles. The molecular weight excluding hydrogens is 296 g/mol. The van der Waals surface area contributed by atoms with E-state index in [1.165, 1.54) is 0 Å². The highest BCUT2D eigenvalue weighted by Gasteiger charge is 2.18. The highest BCUT2D eigenvalue weighted by molar-refractivity contribution is 7.16. The highest BCUT2D eigenvalue weighted by Crippen LogP contribution is 2.29. The Morgan fingerprint density at radius 1 is 1.41 bits per heavy atom. The number of methoxy groups -OCH3 is 1. The SMILES string of the molecule is CCCCc1nn2c(C#N)c(-c3cccc(OC)c3)nc2s1. The van der Waals surface area contributed by atoms with Crippen molar-refractivity contribution in [2.75, 3.05) is 7.11 Å². The van der Waals surface area contributed by atoms with Crippen LogP contribution < -0.4 is 4.74 Å². The number of benzene rings is 1. The molecule has 0 unspecified atom stereocenters. The first-order chi connectivity index (χ1) is 10.8. The van der Waals surface area contributed by atoms with Gasteiger partial charge in [0.15, 0.2) is 5.69 Å². The molecular formula is C16H16N4OS. The second kappa shape index (κ2) is 6.16. The maximum atomic E-state index is 9.50. The summed E-state index contributed by atoms with van der Waals surface area (Å²) < 4.78 is 6.90. The zero-order valence-corrected chi connectivity index (χ0v) is 13.4. The number of nitrogens with zero attached hydrogens (tertiary/aromatic N) is 4. The molecule has 0 aliphatic heterocycles. The van der Waals surface area contributed by atoms with Gasteiger partial charge in [0, 0.05) is 12.0 Å². The third kappa shape index (κ3) is 2.55. The summed E-state index contributed by atoms with van der Waals surface area (Å²) in [6.07, 6.45) is 3.16. The fourth-order valence-corrected chi connectivity index (χ4v) is 3.22. The van der Waals surface area contributed by atoms with Gasteiger partial charge < -0.3 is 4.74 Å². The average Bonchev–Trinajstić information content (AvgIpc) is 3.09. The number of rotatable bonds is 5. The molecule has 2 aromatic heterocycles. The molecule has 2 heterocycles. The van der Waals surface area contributed by atoms with Crippen molar-refractivity contribution in [3.8, 4) is 23.1 Å². The van der Waals surface area contributed by atoms with E-state index >= 15 is 0 Å². The minimum atomic E-state index is 0.474. The van der Waals surface area contributed by atoms with Crippen LogP contribution in [0, 0.1) is 11.3 Å². The van der Waals surface area contributed by atoms with Gasteiger partial charge in [0.05, 0.1) is 7.11 Å². The molecule has 6 heteroatoms. The molecule has 0 atom stereocenters. The molecule has 0 saturated heterocycles. The Hall–Kier alpha value is -2.39. The quantitative estimate of drug-likeness (QED) is 0.721. The van der Waals surface area contributed by atoms with E-state index in [-0.39, 0.29) is 0 Å². The Labute approximate surface area is 132 Å². The van der Waals surface area contributed by atoms with Crippen LogP contribution in [0.3, 0.4) is 0 Å². The van der Waals surface area contributed by atoms with Crippen molar-refractivity contribution in [2.24, 2.45) is 0 Å². The van der Waals surface area contributed by atoms with Gasteiger partial charge in [0.25, 0.3) is 0 Å². The van der Waals surface area contributed by atoms with Crippen molar-refractivity contribution in [3.05, 3.63) is 35.0 Å². The van der Waals surface area contributed by atoms with Gasteiger partial charge in [0.1, 0.15) is 22.5 Å². The Morgan fingerprint density at radius 3 is 3.00 bits per heavy atom. The summed E-state index contributed by atoms with van der Waals surface area (Å²) in [6.45, 7) is 2.15. The molecule has 3 rings (SSSR count). The first-order valence-corrected chi connectivity index (χ1v) is 8.01. The van der Waals surface area contributed by atoms with E-state index in [9.17, 15) is 5.26 Å². The van der Waals surface area contributed by atoms with Crippen LogP contribution in [0.4, 0.5) is 0 Å². The number of aromatic nitrogens is 3. The predicted octanol–water partition coefficient (Wildman–Crippen LogP) is 3.68. The second-order valence-electron chi connectivity index (χ2n) is 4.95. The minimum absolute atomic E-state index is 0.474. The highest BCUT2D eigenvalue weighted by atomic mass is 32.1. The molecule has 22 heavy (non-hydrogen) atoms. The Kier molecular flexibility index (Phi) is 4.07. The maximum absolute atomic E-state index is 9.50. The molecule has 0 aliphatic carbocycles. The van der Waals surface area contributed by atoms with E-state index in [4.69, 9.17) is 4.74 Å². The predicted molar refractivity (Wildman–Crippen MR) is 86.2 cm³/mol. The number of aryl methyl sites for hydroxylation is 1. The molecule has 5 nitrogen and oxygen atoms in total. The van der Waals surface area contributed by atoms with Gasteiger partial charge in [0.2, 0.25) is 4.96 Å². The topological polar surface area (TPSA) is 63.2 Å². The molecule has 0 saturated carbocycles. The number of hydrogen-bond donors (Lipinski definition) is 0. The Morgan fingerprint density at radius 2 is 2.27 bits per heavy atom. The van der Waals surface area contributed by atoms with Gasteiger partial charge >= 0.3 is 0 Å². The summed E-state index contributed by atoms with van der Waals surface area (Å²) in [6, 6.07) is 9.79. The molecule has 0 bridgehead atoms. The van der Waals surface area contributed by atoms with Crippen LogP contribution in [0.25, 0.3) is 16.2 Å². The van der Waals surface area contributed by atoms with Crippen LogP contribution in [0.1, 0.15) is 30.5 Å². The van der Waals surface area contributed by atoms with Crippen molar-refractivity contribution in [2.45, 2.75) is 26.2 Å². The first kappa shape index (κ1) is 14.5. The van der Waals surface area contributed by atoms with Crippen molar-refractivity contribution in [1.29, 1.82) is 5.26 Å². The lowest BCUT2D eigenvalue weighted by molar-refractivity contribution is 0.415. The standard InChI is InChI=1S/C16H16N4OS/c1-3-4-8-14-19-20-13(10-17)15(18-16(20)22-14)11-6-5-7-12(9-11)21-2/h5-7,9H,3-4,8H2,1-2H3. The summed E-state index contributed by atoms with van der Waals surface area (Å²) in [7, 11) is 1.62. The molecule has 0 fully saturated rings. The smallest absolute Gasteiger partial charge is 0.214 e. The molecule has 3 aromatic rings. The lowest BCUT2D eigenvalue weighted by atomic mass is 10.1. The third-order valence-electron chi connectivity index (χ3n) is 3.44. The zero-order valence-electron chi connectivity index (χ0n) is 12.5. The summed E-state index contributed by atoms with van der Waals surface area (Å²) >= 11 is 1.55. The van der Waals surface area contributed by atoms with Crippen molar-refractivity contribution in [1.82, 2.24) is 14.6 Å². The normalized spacial score (nSPS) is 10.8. The molecule has 112 valence electrons. The Balaban J connectivity index is 2.07. The minimum Gasteiger partial charge on any atom is -0.497 e. The van der Waals surface area contributed by atoms with E-state index < -0.39 is 0 Å². The van der Waals surface area contributed by atoms with Crippen LogP contribution in [0.5, 0.6) is 5.75 Å². The van der Waals surface area contributed by atoms with Gasteiger partial charge in [-0.2, -0.15) is 14.9 Å². The molecule has 0 radical (unpaired) electrons. The summed E-state index contributed by atoms with van der Waals surface area (Å²) in [5.74, 6) is 0.745. The van der Waals surface area contributed by atoms with E-state index in [1.807, 2.05) is 24.3 Å². The lowest BCUT2D eigenvalue weighted by Gasteiger charge is -2.02. The zero-order chi connectivity index (χ0) is 15.5. The van der Waals surface area contributed by atoms with Crippen molar-refractivity contribution < 1.29 is 4.74 Å². The van der Waals surface area contributed by atoms with E-state index in [0.717, 1.165) is 40.5 Å². The van der Waals surface area contributed by atoms with Gasteiger partial charge in [-0.1, -0.05) is 36.8 Å². The number of unbranched alkanes of at least 4 members (excludes halogenated alkanes) is 1. The van der Waals surface area contributed by atoms with Gasteiger partial charge in [-0.15, -0.1) is 0 Å². The summed E-state index contributed by atoms with van der Waals surface area (Å²) in [5.41, 5.74) is 1.99. The molecule has 0 aliphatic rings. The summed E-state index contributed by atoms with van der Waals surface area (Å²) in [4.78, 5) is 5.36. The number of nitriles is 1. The van der Waals surface area contributed by atoms with Crippen LogP contribution in [0.15, 0.2) is 24.3 Å². The van der Waals surface area contributed by atoms with Gasteiger partial charge in [-0.3, -0.25) is 0 Å². The van der Waals surface area contributed by atoms with Crippen molar-refractivity contribution in [3.63, 3.8) is 0 Å². The monoisotopic (exact) mass is 312 g/mol. The molecule has 0 spiro atoms. The van der Waals surface area contributed by atoms with E-state index in [2.05, 4.69) is 23.1 Å². The van der Waals surface area contributed by atoms with E-state index in [0.29, 0.717) is 11.4 Å². The van der Waals surface area contributed by atoms with Gasteiger partial charge in [-0.25, -0.2) is 4.98 Å². The number of fused-ring (bicyclic) bond motifs is 1. The van der Waals surface area contributed by atoms with E-state index in [1.54, 1.807) is 23.0 Å². The number of imidazole rings is 1.